The van der Waals surface area contributed by atoms with Crippen molar-refractivity contribution < 1.29 is 19.5 Å². The second kappa shape index (κ2) is 15.5. The fourth-order valence-corrected chi connectivity index (χ4v) is 8.81. The quantitative estimate of drug-likeness (QED) is 0.131. The molecular formula is C54H40N4Zn. The van der Waals surface area contributed by atoms with E-state index < -0.39 is 0 Å². The maximum Gasteiger partial charge on any atom is 2.00 e. The van der Waals surface area contributed by atoms with Crippen LogP contribution in [0.25, 0.3) is 90.9 Å². The number of rotatable bonds is 4. The molecule has 2 aliphatic heterocycles. The first-order valence-corrected chi connectivity index (χ1v) is 19.5. The molecule has 5 heterocycles. The van der Waals surface area contributed by atoms with E-state index in [4.69, 9.17) is 32.8 Å². The Morgan fingerprint density at radius 3 is 0.983 bits per heavy atom. The number of aryl methyl sites for hydroxylation is 6. The standard InChI is InChI=1S/C54H40N4.Zn/c1-9-37-11-15-39(16-12-37)51-41-19-20-42(55-41)52(40-17-13-38(10-2)14-18-40)44-22-24-46(57-44)54(50-35(7)29-32(4)30-36(50)8)48-26-25-47(58-48)53(45-23-21-43(51)56-45)49-33(5)27-31(3)28-34(49)6;/h1-2,11-30H,3-8H3;/q-2;+2. The third-order valence-electron chi connectivity index (χ3n) is 11.1. The third kappa shape index (κ3) is 6.99. The summed E-state index contributed by atoms with van der Waals surface area (Å²) < 4.78 is 0. The van der Waals surface area contributed by atoms with E-state index in [0.717, 1.165) is 100 Å². The molecule has 0 radical (unpaired) electrons. The van der Waals surface area contributed by atoms with Crippen molar-refractivity contribution in [1.29, 1.82) is 0 Å². The minimum absolute atomic E-state index is 0. The first kappa shape index (κ1) is 39.1. The van der Waals surface area contributed by atoms with Crippen molar-refractivity contribution in [2.24, 2.45) is 0 Å². The van der Waals surface area contributed by atoms with E-state index in [9.17, 15) is 0 Å². The minimum atomic E-state index is 0. The Morgan fingerprint density at radius 2 is 0.678 bits per heavy atom. The molecule has 4 nitrogen and oxygen atoms in total. The average Bonchev–Trinajstić information content (AvgIpc) is 4.05. The van der Waals surface area contributed by atoms with Crippen LogP contribution in [0.4, 0.5) is 0 Å². The van der Waals surface area contributed by atoms with E-state index in [1.807, 2.05) is 24.3 Å². The van der Waals surface area contributed by atoms with Crippen molar-refractivity contribution in [2.45, 2.75) is 41.5 Å². The first-order chi connectivity index (χ1) is 28.1. The molecule has 278 valence electrons. The Bertz CT molecular complexity index is 2920. The number of benzene rings is 4. The van der Waals surface area contributed by atoms with Crippen LogP contribution in [-0.2, 0) is 19.5 Å². The van der Waals surface area contributed by atoms with Gasteiger partial charge in [-0.15, -0.1) is 34.9 Å². The van der Waals surface area contributed by atoms with Crippen molar-refractivity contribution in [3.05, 3.63) is 164 Å². The van der Waals surface area contributed by atoms with Crippen molar-refractivity contribution in [1.82, 2.24) is 19.9 Å². The smallest absolute Gasteiger partial charge is 0.657 e. The van der Waals surface area contributed by atoms with Crippen molar-refractivity contribution in [2.75, 3.05) is 0 Å². The largest absolute Gasteiger partial charge is 2.00 e. The molecule has 7 aromatic rings. The van der Waals surface area contributed by atoms with Crippen molar-refractivity contribution in [3.8, 4) is 69.2 Å². The zero-order valence-corrected chi connectivity index (χ0v) is 37.2. The Hall–Kier alpha value is -6.78. The molecule has 0 aliphatic carbocycles. The van der Waals surface area contributed by atoms with Gasteiger partial charge in [-0.1, -0.05) is 95.8 Å². The molecule has 2 aliphatic rings. The fraction of sp³-hybridized carbons (Fsp3) is 0.111. The van der Waals surface area contributed by atoms with E-state index in [1.165, 1.54) is 33.4 Å². The van der Waals surface area contributed by atoms with Gasteiger partial charge in [-0.3, -0.25) is 0 Å². The Kier molecular flexibility index (Phi) is 10.3. The van der Waals surface area contributed by atoms with Crippen LogP contribution < -0.4 is 9.97 Å². The van der Waals surface area contributed by atoms with Gasteiger partial charge in [0.05, 0.1) is 22.8 Å². The molecule has 8 bridgehead atoms. The van der Waals surface area contributed by atoms with E-state index >= 15 is 0 Å². The summed E-state index contributed by atoms with van der Waals surface area (Å²) in [5.41, 5.74) is 23.2. The molecule has 0 fully saturated rings. The van der Waals surface area contributed by atoms with Gasteiger partial charge in [0.2, 0.25) is 0 Å². The summed E-state index contributed by atoms with van der Waals surface area (Å²) in [5, 5.41) is 0. The summed E-state index contributed by atoms with van der Waals surface area (Å²) >= 11 is 0. The molecule has 0 spiro atoms. The van der Waals surface area contributed by atoms with Gasteiger partial charge in [-0.25, -0.2) is 9.97 Å². The molecule has 9 rings (SSSR count). The molecule has 0 saturated heterocycles. The number of fused-ring (bicyclic) bond motifs is 8. The van der Waals surface area contributed by atoms with E-state index in [-0.39, 0.29) is 19.5 Å². The summed E-state index contributed by atoms with van der Waals surface area (Å²) in [7, 11) is 0. The molecule has 5 heteroatoms. The molecule has 0 atom stereocenters. The summed E-state index contributed by atoms with van der Waals surface area (Å²) in [6.07, 6.45) is 20.0. The van der Waals surface area contributed by atoms with Crippen molar-refractivity contribution >= 4 is 46.4 Å². The van der Waals surface area contributed by atoms with Gasteiger partial charge in [-0.05, 0) is 157 Å². The van der Waals surface area contributed by atoms with Crippen LogP contribution in [0.15, 0.2) is 97.1 Å². The predicted molar refractivity (Wildman–Crippen MR) is 243 cm³/mol. The number of hydrogen-bond donors (Lipinski definition) is 0. The van der Waals surface area contributed by atoms with Crippen LogP contribution in [0, 0.1) is 66.2 Å². The van der Waals surface area contributed by atoms with E-state index in [0.29, 0.717) is 0 Å². The summed E-state index contributed by atoms with van der Waals surface area (Å²) in [6, 6.07) is 33.4. The zero-order chi connectivity index (χ0) is 40.2. The van der Waals surface area contributed by atoms with Gasteiger partial charge in [0.25, 0.3) is 0 Å². The van der Waals surface area contributed by atoms with Crippen LogP contribution in [-0.4, -0.2) is 9.97 Å². The van der Waals surface area contributed by atoms with Crippen LogP contribution in [0.5, 0.6) is 0 Å². The summed E-state index contributed by atoms with van der Waals surface area (Å²) in [6.45, 7) is 13.0. The van der Waals surface area contributed by atoms with E-state index in [2.05, 4.69) is 150 Å². The summed E-state index contributed by atoms with van der Waals surface area (Å²) in [5.74, 6) is 5.51. The average molecular weight is 810 g/mol. The fourth-order valence-electron chi connectivity index (χ4n) is 8.81. The van der Waals surface area contributed by atoms with Crippen LogP contribution in [0.3, 0.4) is 0 Å². The summed E-state index contributed by atoms with van der Waals surface area (Å²) in [4.78, 5) is 21.8. The molecule has 0 N–H and O–H groups in total. The van der Waals surface area contributed by atoms with E-state index in [1.54, 1.807) is 0 Å². The van der Waals surface area contributed by atoms with Gasteiger partial charge in [-0.2, -0.15) is 0 Å². The maximum atomic E-state index is 5.79. The van der Waals surface area contributed by atoms with Crippen molar-refractivity contribution in [3.63, 3.8) is 0 Å². The van der Waals surface area contributed by atoms with Crippen LogP contribution >= 0.6 is 0 Å². The molecule has 0 saturated carbocycles. The maximum absolute atomic E-state index is 5.79. The Labute approximate surface area is 359 Å². The number of aromatic nitrogens is 4. The normalized spacial score (nSPS) is 11.6. The number of hydrogen-bond acceptors (Lipinski definition) is 2. The monoisotopic (exact) mass is 808 g/mol. The predicted octanol–water partition coefficient (Wildman–Crippen LogP) is 12.4. The third-order valence-corrected chi connectivity index (χ3v) is 11.1. The molecular weight excluding hydrogens is 770 g/mol. The molecule has 59 heavy (non-hydrogen) atoms. The second-order valence-electron chi connectivity index (χ2n) is 15.4. The van der Waals surface area contributed by atoms with Gasteiger partial charge < -0.3 is 9.97 Å². The topological polar surface area (TPSA) is 54.0 Å². The number of nitrogens with zero attached hydrogens (tertiary/aromatic N) is 4. The first-order valence-electron chi connectivity index (χ1n) is 19.5. The molecule has 0 unspecified atom stereocenters. The minimum Gasteiger partial charge on any atom is -0.657 e. The Morgan fingerprint density at radius 1 is 0.390 bits per heavy atom. The zero-order valence-electron chi connectivity index (χ0n) is 34.2. The Balaban J connectivity index is 0.00000484. The van der Waals surface area contributed by atoms with Gasteiger partial charge in [0, 0.05) is 11.1 Å². The van der Waals surface area contributed by atoms with Crippen LogP contribution in [0.1, 0.15) is 67.3 Å². The second-order valence-corrected chi connectivity index (χ2v) is 15.4. The number of terminal acetylenes is 2. The van der Waals surface area contributed by atoms with Gasteiger partial charge in [0.15, 0.2) is 0 Å². The molecule has 0 amide bonds. The van der Waals surface area contributed by atoms with Gasteiger partial charge in [0.1, 0.15) is 0 Å². The molecule has 3 aromatic heterocycles. The van der Waals surface area contributed by atoms with Crippen LogP contribution in [0.2, 0.25) is 0 Å². The molecule has 4 aromatic carbocycles. The SMILES string of the molecule is C#Cc1ccc(-c2c3nc(c(-c4ccc(C#C)cc4)c4ccc([n-]4)c(-c4c(C)cc(C)cc4C)c4nc(c(-c5c(C)cc(C)cc5C)c5ccc2[n-]5)C=C4)C=C3)cc1.[Zn+2]. The van der Waals surface area contributed by atoms with Gasteiger partial charge >= 0.3 is 19.5 Å².